The van der Waals surface area contributed by atoms with Crippen molar-refractivity contribution in [3.63, 3.8) is 0 Å². The van der Waals surface area contributed by atoms with Gasteiger partial charge in [0.05, 0.1) is 6.54 Å². The Morgan fingerprint density at radius 3 is 3.00 bits per heavy atom. The lowest BCUT2D eigenvalue weighted by molar-refractivity contribution is 0.797. The second-order valence-corrected chi connectivity index (χ2v) is 4.00. The van der Waals surface area contributed by atoms with Crippen molar-refractivity contribution < 1.29 is 0 Å². The summed E-state index contributed by atoms with van der Waals surface area (Å²) in [6.45, 7) is 5.01. The van der Waals surface area contributed by atoms with Gasteiger partial charge in [-0.2, -0.15) is 0 Å². The molecule has 0 amide bonds. The molecule has 0 radical (unpaired) electrons. The van der Waals surface area contributed by atoms with E-state index in [-0.39, 0.29) is 0 Å². The third-order valence-electron chi connectivity index (χ3n) is 3.06. The van der Waals surface area contributed by atoms with E-state index in [9.17, 15) is 0 Å². The number of hydrogen-bond donors (Lipinski definition) is 1. The van der Waals surface area contributed by atoms with Crippen LogP contribution in [0.5, 0.6) is 0 Å². The molecular weight excluding hydrogens is 198 g/mol. The second kappa shape index (κ2) is 3.67. The van der Waals surface area contributed by atoms with Crippen LogP contribution < -0.4 is 5.32 Å². The van der Waals surface area contributed by atoms with Gasteiger partial charge in [0.15, 0.2) is 0 Å². The molecule has 0 atom stereocenters. The Hall–Kier alpha value is -1.77. The van der Waals surface area contributed by atoms with Gasteiger partial charge in [-0.05, 0) is 13.0 Å². The van der Waals surface area contributed by atoms with Crippen LogP contribution in [0.2, 0.25) is 0 Å². The molecule has 0 aliphatic carbocycles. The molecule has 0 saturated carbocycles. The largest absolute Gasteiger partial charge is 0.368 e. The molecular formula is C13H15N3. The highest BCUT2D eigenvalue weighted by molar-refractivity contribution is 6.10. The summed E-state index contributed by atoms with van der Waals surface area (Å²) >= 11 is 0. The van der Waals surface area contributed by atoms with Crippen LogP contribution in [0.1, 0.15) is 12.5 Å². The minimum Gasteiger partial charge on any atom is -0.368 e. The Balaban J connectivity index is 2.24. The van der Waals surface area contributed by atoms with Gasteiger partial charge >= 0.3 is 0 Å². The van der Waals surface area contributed by atoms with Gasteiger partial charge in [-0.25, -0.2) is 0 Å². The van der Waals surface area contributed by atoms with E-state index in [1.165, 1.54) is 16.5 Å². The molecule has 2 aromatic rings. The fraction of sp³-hybridized carbons (Fsp3) is 0.308. The number of rotatable bonds is 2. The van der Waals surface area contributed by atoms with Crippen LogP contribution in [-0.4, -0.2) is 23.5 Å². The smallest absolute Gasteiger partial charge is 0.130 e. The number of fused-ring (bicyclic) bond motifs is 1. The quantitative estimate of drug-likeness (QED) is 0.812. The summed E-state index contributed by atoms with van der Waals surface area (Å²) in [7, 11) is 0. The molecule has 3 rings (SSSR count). The fourth-order valence-electron chi connectivity index (χ4n) is 2.28. The van der Waals surface area contributed by atoms with Crippen molar-refractivity contribution >= 4 is 16.7 Å². The average Bonchev–Trinajstić information content (AvgIpc) is 2.95. The molecule has 1 aromatic carbocycles. The van der Waals surface area contributed by atoms with Crippen LogP contribution in [0.3, 0.4) is 0 Å². The molecule has 1 aromatic heterocycles. The van der Waals surface area contributed by atoms with Crippen LogP contribution in [0.25, 0.3) is 10.9 Å². The van der Waals surface area contributed by atoms with Gasteiger partial charge in [-0.1, -0.05) is 18.2 Å². The van der Waals surface area contributed by atoms with Crippen molar-refractivity contribution in [3.05, 3.63) is 36.0 Å². The Morgan fingerprint density at radius 1 is 1.38 bits per heavy atom. The monoisotopic (exact) mass is 213 g/mol. The fourth-order valence-corrected chi connectivity index (χ4v) is 2.28. The van der Waals surface area contributed by atoms with E-state index >= 15 is 0 Å². The summed E-state index contributed by atoms with van der Waals surface area (Å²) < 4.78 is 2.27. The maximum absolute atomic E-state index is 4.50. The van der Waals surface area contributed by atoms with Gasteiger partial charge in [0.1, 0.15) is 5.84 Å². The number of hydrogen-bond acceptors (Lipinski definition) is 2. The number of amidine groups is 1. The van der Waals surface area contributed by atoms with Gasteiger partial charge in [0.2, 0.25) is 0 Å². The number of benzene rings is 1. The Labute approximate surface area is 94.8 Å². The maximum atomic E-state index is 4.50. The molecule has 3 nitrogen and oxygen atoms in total. The summed E-state index contributed by atoms with van der Waals surface area (Å²) in [5, 5.41) is 4.63. The summed E-state index contributed by atoms with van der Waals surface area (Å²) in [4.78, 5) is 4.50. The van der Waals surface area contributed by atoms with E-state index in [1.807, 2.05) is 0 Å². The zero-order valence-electron chi connectivity index (χ0n) is 9.40. The van der Waals surface area contributed by atoms with Crippen LogP contribution >= 0.6 is 0 Å². The summed E-state index contributed by atoms with van der Waals surface area (Å²) in [6, 6.07) is 8.50. The lowest BCUT2D eigenvalue weighted by atomic mass is 10.1. The Bertz CT molecular complexity index is 551. The first-order chi connectivity index (χ1) is 7.90. The van der Waals surface area contributed by atoms with Crippen molar-refractivity contribution in [3.8, 4) is 0 Å². The number of aliphatic imine (C=N–C) groups is 1. The first-order valence-electron chi connectivity index (χ1n) is 5.76. The molecule has 82 valence electrons. The summed E-state index contributed by atoms with van der Waals surface area (Å²) in [6.07, 6.45) is 2.20. The van der Waals surface area contributed by atoms with E-state index in [4.69, 9.17) is 0 Å². The highest BCUT2D eigenvalue weighted by Crippen LogP contribution is 2.22. The molecule has 2 heterocycles. The lowest BCUT2D eigenvalue weighted by Gasteiger charge is -1.98. The van der Waals surface area contributed by atoms with Crippen LogP contribution in [0.15, 0.2) is 35.5 Å². The van der Waals surface area contributed by atoms with E-state index in [2.05, 4.69) is 52.3 Å². The highest BCUT2D eigenvalue weighted by atomic mass is 15.1. The van der Waals surface area contributed by atoms with E-state index < -0.39 is 0 Å². The molecule has 0 spiro atoms. The molecule has 16 heavy (non-hydrogen) atoms. The van der Waals surface area contributed by atoms with Gasteiger partial charge in [0.25, 0.3) is 0 Å². The molecule has 0 unspecified atom stereocenters. The summed E-state index contributed by atoms with van der Waals surface area (Å²) in [5.41, 5.74) is 2.52. The van der Waals surface area contributed by atoms with E-state index in [0.29, 0.717) is 0 Å². The van der Waals surface area contributed by atoms with Crippen molar-refractivity contribution in [2.75, 3.05) is 13.1 Å². The average molecular weight is 213 g/mol. The third-order valence-corrected chi connectivity index (χ3v) is 3.06. The van der Waals surface area contributed by atoms with E-state index in [1.54, 1.807) is 0 Å². The lowest BCUT2D eigenvalue weighted by Crippen LogP contribution is -2.19. The number of nitrogens with one attached hydrogen (secondary N) is 1. The number of para-hydroxylation sites is 1. The van der Waals surface area contributed by atoms with Gasteiger partial charge < -0.3 is 9.88 Å². The molecule has 1 aliphatic heterocycles. The standard InChI is InChI=1S/C13H15N3/c1-2-16-9-11(13-14-7-8-15-13)10-5-3-4-6-12(10)16/h3-6,9H,2,7-8H2,1H3,(H,14,15). The molecule has 0 bridgehead atoms. The van der Waals surface area contributed by atoms with Crippen LogP contribution in [0.4, 0.5) is 0 Å². The normalized spacial score (nSPS) is 15.2. The minimum absolute atomic E-state index is 0.890. The van der Waals surface area contributed by atoms with Crippen molar-refractivity contribution in [2.24, 2.45) is 4.99 Å². The summed E-state index contributed by atoms with van der Waals surface area (Å²) in [5.74, 6) is 1.04. The van der Waals surface area contributed by atoms with Gasteiger partial charge in [0, 0.05) is 35.8 Å². The zero-order valence-corrected chi connectivity index (χ0v) is 9.40. The minimum atomic E-state index is 0.890. The SMILES string of the molecule is CCn1cc(C2=NCCN2)c2ccccc21. The van der Waals surface area contributed by atoms with Crippen LogP contribution in [-0.2, 0) is 6.54 Å². The molecule has 0 fully saturated rings. The molecule has 1 N–H and O–H groups in total. The number of aromatic nitrogens is 1. The first-order valence-corrected chi connectivity index (χ1v) is 5.76. The number of aryl methyl sites for hydroxylation is 1. The van der Waals surface area contributed by atoms with Gasteiger partial charge in [-0.15, -0.1) is 0 Å². The molecule has 0 saturated heterocycles. The number of nitrogens with zero attached hydrogens (tertiary/aromatic N) is 2. The predicted octanol–water partition coefficient (Wildman–Crippen LogP) is 2.01. The van der Waals surface area contributed by atoms with Crippen molar-refractivity contribution in [1.82, 2.24) is 9.88 Å². The molecule has 3 heteroatoms. The third kappa shape index (κ3) is 1.32. The van der Waals surface area contributed by atoms with Crippen molar-refractivity contribution in [1.29, 1.82) is 0 Å². The first kappa shape index (κ1) is 9.46. The maximum Gasteiger partial charge on any atom is 0.130 e. The van der Waals surface area contributed by atoms with E-state index in [0.717, 1.165) is 25.5 Å². The molecule has 1 aliphatic rings. The second-order valence-electron chi connectivity index (χ2n) is 4.00. The highest BCUT2D eigenvalue weighted by Gasteiger charge is 2.14. The zero-order chi connectivity index (χ0) is 11.0. The van der Waals surface area contributed by atoms with Crippen LogP contribution in [0, 0.1) is 0 Å². The predicted molar refractivity (Wildman–Crippen MR) is 67.0 cm³/mol. The Morgan fingerprint density at radius 2 is 2.25 bits per heavy atom. The Kier molecular flexibility index (Phi) is 2.17. The topological polar surface area (TPSA) is 29.3 Å². The van der Waals surface area contributed by atoms with Crippen molar-refractivity contribution in [2.45, 2.75) is 13.5 Å². The van der Waals surface area contributed by atoms with Gasteiger partial charge in [-0.3, -0.25) is 4.99 Å².